The first-order valence-electron chi connectivity index (χ1n) is 12.4. The number of rotatable bonds is 8. The quantitative estimate of drug-likeness (QED) is 0.258. The number of carbonyl (C=O) groups is 1. The third-order valence-corrected chi connectivity index (χ3v) is 6.90. The molecule has 0 spiro atoms. The number of hydrogen-bond acceptors (Lipinski definition) is 5. The van der Waals surface area contributed by atoms with Gasteiger partial charge in [0.15, 0.2) is 0 Å². The van der Waals surface area contributed by atoms with Crippen molar-refractivity contribution in [3.05, 3.63) is 122 Å². The molecule has 3 N–H and O–H groups in total. The normalized spacial score (nSPS) is 12.0. The number of aromatic nitrogens is 4. The molecule has 0 bridgehead atoms. The highest BCUT2D eigenvalue weighted by Gasteiger charge is 2.22. The van der Waals surface area contributed by atoms with E-state index in [0.717, 1.165) is 0 Å². The van der Waals surface area contributed by atoms with Crippen molar-refractivity contribution in [2.45, 2.75) is 19.3 Å². The van der Waals surface area contributed by atoms with Gasteiger partial charge in [-0.1, -0.05) is 29.8 Å². The highest BCUT2D eigenvalue weighted by atomic mass is 35.5. The molecule has 204 valence electrons. The Morgan fingerprint density at radius 1 is 1.18 bits per heavy atom. The third kappa shape index (κ3) is 5.49. The lowest BCUT2D eigenvalue weighted by atomic mass is 9.97. The number of H-pyrrole nitrogens is 1. The van der Waals surface area contributed by atoms with Crippen molar-refractivity contribution in [1.29, 1.82) is 0 Å². The lowest BCUT2D eigenvalue weighted by Gasteiger charge is -2.19. The van der Waals surface area contributed by atoms with Crippen molar-refractivity contribution in [3.8, 4) is 5.69 Å². The standard InChI is InChI=1S/C29H24ClF2N5O3/c1-16-5-8-24(32)26-25(16)29(40)36-27(35-26)22(17-3-2-4-18(31)11-17)13-33-28(39)21-7-6-20(12-23(21)30)37-14-19(9-10-38)34-15-37/h2-8,11-12,14-15,22,38H,9-10,13H2,1H3,(H,33,39)(H,35,36,40). The minimum atomic E-state index is -0.800. The van der Waals surface area contributed by atoms with E-state index < -0.39 is 29.0 Å². The van der Waals surface area contributed by atoms with E-state index in [2.05, 4.69) is 20.3 Å². The van der Waals surface area contributed by atoms with Gasteiger partial charge in [0.05, 0.1) is 33.9 Å². The fourth-order valence-electron chi connectivity index (χ4n) is 4.54. The Morgan fingerprint density at radius 2 is 2.00 bits per heavy atom. The molecule has 11 heteroatoms. The Balaban J connectivity index is 1.44. The molecule has 0 saturated carbocycles. The first-order valence-corrected chi connectivity index (χ1v) is 12.8. The highest BCUT2D eigenvalue weighted by Crippen LogP contribution is 2.25. The van der Waals surface area contributed by atoms with Crippen LogP contribution in [-0.4, -0.2) is 43.7 Å². The number of hydrogen-bond donors (Lipinski definition) is 3. The minimum Gasteiger partial charge on any atom is -0.396 e. The SMILES string of the molecule is Cc1ccc(F)c2nc(C(CNC(=O)c3ccc(-n4cnc(CCO)c4)cc3Cl)c3cccc(F)c3)[nH]c(=O)c12. The molecule has 0 aliphatic carbocycles. The van der Waals surface area contributed by atoms with Crippen LogP contribution in [0.5, 0.6) is 0 Å². The van der Waals surface area contributed by atoms with Crippen molar-refractivity contribution in [1.82, 2.24) is 24.8 Å². The Morgan fingerprint density at radius 3 is 2.75 bits per heavy atom. The summed E-state index contributed by atoms with van der Waals surface area (Å²) in [6, 6.07) is 13.3. The third-order valence-electron chi connectivity index (χ3n) is 6.59. The zero-order valence-corrected chi connectivity index (χ0v) is 22.0. The van der Waals surface area contributed by atoms with Crippen LogP contribution in [0.25, 0.3) is 16.6 Å². The van der Waals surface area contributed by atoms with Gasteiger partial charge in [-0.05, 0) is 54.4 Å². The van der Waals surface area contributed by atoms with Crippen LogP contribution in [0.1, 0.15) is 38.9 Å². The van der Waals surface area contributed by atoms with Crippen molar-refractivity contribution in [2.24, 2.45) is 0 Å². The average molecular weight is 564 g/mol. The Kier molecular flexibility index (Phi) is 7.72. The summed E-state index contributed by atoms with van der Waals surface area (Å²) in [4.78, 5) is 37.3. The molecule has 3 aromatic carbocycles. The van der Waals surface area contributed by atoms with E-state index in [1.54, 1.807) is 48.3 Å². The minimum absolute atomic E-state index is 0.0231. The average Bonchev–Trinajstić information content (AvgIpc) is 3.39. The number of aromatic amines is 1. The molecule has 40 heavy (non-hydrogen) atoms. The van der Waals surface area contributed by atoms with Gasteiger partial charge < -0.3 is 20.0 Å². The number of amides is 1. The van der Waals surface area contributed by atoms with Crippen LogP contribution in [0.3, 0.4) is 0 Å². The van der Waals surface area contributed by atoms with Crippen LogP contribution in [0.15, 0.2) is 71.9 Å². The van der Waals surface area contributed by atoms with E-state index in [1.807, 2.05) is 0 Å². The maximum atomic E-state index is 14.7. The molecule has 1 amide bonds. The van der Waals surface area contributed by atoms with Gasteiger partial charge in [0, 0.05) is 31.5 Å². The topological polar surface area (TPSA) is 113 Å². The number of imidazole rings is 1. The number of benzene rings is 3. The molecular weight excluding hydrogens is 540 g/mol. The van der Waals surface area contributed by atoms with Crippen LogP contribution < -0.4 is 10.9 Å². The van der Waals surface area contributed by atoms with Crippen LogP contribution in [0.2, 0.25) is 5.02 Å². The monoisotopic (exact) mass is 563 g/mol. The molecule has 0 saturated heterocycles. The zero-order chi connectivity index (χ0) is 28.4. The molecule has 0 aliphatic heterocycles. The second-order valence-corrected chi connectivity index (χ2v) is 9.67. The number of nitrogens with zero attached hydrogens (tertiary/aromatic N) is 3. The fourth-order valence-corrected chi connectivity index (χ4v) is 4.80. The fraction of sp³-hybridized carbons (Fsp3) is 0.172. The number of nitrogens with one attached hydrogen (secondary N) is 2. The smallest absolute Gasteiger partial charge is 0.259 e. The Bertz CT molecular complexity index is 1790. The predicted molar refractivity (Wildman–Crippen MR) is 147 cm³/mol. The molecule has 0 aliphatic rings. The highest BCUT2D eigenvalue weighted by molar-refractivity contribution is 6.34. The first kappa shape index (κ1) is 27.2. The molecule has 5 aromatic rings. The molecule has 0 radical (unpaired) electrons. The summed E-state index contributed by atoms with van der Waals surface area (Å²) in [5.41, 5.74) is 1.92. The number of halogens is 3. The number of aliphatic hydroxyl groups is 1. The number of aliphatic hydroxyl groups excluding tert-OH is 1. The largest absolute Gasteiger partial charge is 0.396 e. The second kappa shape index (κ2) is 11.4. The van der Waals surface area contributed by atoms with E-state index in [-0.39, 0.29) is 40.5 Å². The van der Waals surface area contributed by atoms with Gasteiger partial charge in [-0.2, -0.15) is 0 Å². The first-order chi connectivity index (χ1) is 19.2. The van der Waals surface area contributed by atoms with E-state index in [0.29, 0.717) is 28.9 Å². The summed E-state index contributed by atoms with van der Waals surface area (Å²) in [6.45, 7) is 1.57. The molecule has 8 nitrogen and oxygen atoms in total. The van der Waals surface area contributed by atoms with E-state index >= 15 is 0 Å². The molecule has 1 unspecified atom stereocenters. The van der Waals surface area contributed by atoms with Gasteiger partial charge in [-0.3, -0.25) is 9.59 Å². The molecule has 2 heterocycles. The second-order valence-electron chi connectivity index (χ2n) is 9.27. The summed E-state index contributed by atoms with van der Waals surface area (Å²) in [5, 5.41) is 12.2. The summed E-state index contributed by atoms with van der Waals surface area (Å²) in [5.74, 6) is -2.41. The van der Waals surface area contributed by atoms with Crippen molar-refractivity contribution >= 4 is 28.4 Å². The van der Waals surface area contributed by atoms with Crippen LogP contribution in [0.4, 0.5) is 8.78 Å². The van der Waals surface area contributed by atoms with E-state index in [9.17, 15) is 18.4 Å². The number of aryl methyl sites for hydroxylation is 1. The lowest BCUT2D eigenvalue weighted by Crippen LogP contribution is -2.31. The summed E-state index contributed by atoms with van der Waals surface area (Å²) < 4.78 is 30.5. The lowest BCUT2D eigenvalue weighted by molar-refractivity contribution is 0.0952. The Labute approximate surface area is 232 Å². The predicted octanol–water partition coefficient (Wildman–Crippen LogP) is 4.45. The number of carbonyl (C=O) groups excluding carboxylic acids is 1. The van der Waals surface area contributed by atoms with Gasteiger partial charge in [0.25, 0.3) is 11.5 Å². The number of fused-ring (bicyclic) bond motifs is 1. The molecule has 1 atom stereocenters. The van der Waals surface area contributed by atoms with Crippen molar-refractivity contribution < 1.29 is 18.7 Å². The molecule has 0 fully saturated rings. The summed E-state index contributed by atoms with van der Waals surface area (Å²) >= 11 is 6.44. The van der Waals surface area contributed by atoms with Crippen molar-refractivity contribution in [3.63, 3.8) is 0 Å². The zero-order valence-electron chi connectivity index (χ0n) is 21.3. The summed E-state index contributed by atoms with van der Waals surface area (Å²) in [6.07, 6.45) is 3.76. The molecule has 2 aromatic heterocycles. The van der Waals surface area contributed by atoms with Gasteiger partial charge in [-0.15, -0.1) is 0 Å². The van der Waals surface area contributed by atoms with Gasteiger partial charge in [0.1, 0.15) is 23.0 Å². The van der Waals surface area contributed by atoms with Crippen LogP contribution >= 0.6 is 11.6 Å². The van der Waals surface area contributed by atoms with Crippen molar-refractivity contribution in [2.75, 3.05) is 13.2 Å². The maximum Gasteiger partial charge on any atom is 0.259 e. The van der Waals surface area contributed by atoms with Gasteiger partial charge in [0.2, 0.25) is 0 Å². The maximum absolute atomic E-state index is 14.7. The van der Waals surface area contributed by atoms with Crippen LogP contribution in [-0.2, 0) is 6.42 Å². The van der Waals surface area contributed by atoms with E-state index in [1.165, 1.54) is 30.3 Å². The van der Waals surface area contributed by atoms with E-state index in [4.69, 9.17) is 16.7 Å². The Hall–Kier alpha value is -4.41. The molecular formula is C29H24ClF2N5O3. The molecule has 5 rings (SSSR count). The van der Waals surface area contributed by atoms with Gasteiger partial charge >= 0.3 is 0 Å². The van der Waals surface area contributed by atoms with Crippen LogP contribution in [0, 0.1) is 18.6 Å². The summed E-state index contributed by atoms with van der Waals surface area (Å²) in [7, 11) is 0. The van der Waals surface area contributed by atoms with Gasteiger partial charge in [-0.25, -0.2) is 18.7 Å².